The van der Waals surface area contributed by atoms with Gasteiger partial charge in [-0.25, -0.2) is 4.39 Å². The molecule has 0 bridgehead atoms. The van der Waals surface area contributed by atoms with Crippen LogP contribution in [0.5, 0.6) is 0 Å². The van der Waals surface area contributed by atoms with Gasteiger partial charge in [0.1, 0.15) is 24.4 Å². The van der Waals surface area contributed by atoms with Crippen LogP contribution in [0.1, 0.15) is 0 Å². The van der Waals surface area contributed by atoms with Gasteiger partial charge in [-0.2, -0.15) is 0 Å². The van der Waals surface area contributed by atoms with Crippen LogP contribution < -0.4 is 5.32 Å². The van der Waals surface area contributed by atoms with E-state index in [0.717, 1.165) is 0 Å². The highest BCUT2D eigenvalue weighted by Gasteiger charge is 2.44. The van der Waals surface area contributed by atoms with Gasteiger partial charge in [-0.3, -0.25) is 4.79 Å². The van der Waals surface area contributed by atoms with Crippen molar-refractivity contribution < 1.29 is 34.3 Å². The van der Waals surface area contributed by atoms with Crippen LogP contribution in [0.3, 0.4) is 0 Å². The van der Waals surface area contributed by atoms with Crippen molar-refractivity contribution in [1.29, 1.82) is 0 Å². The van der Waals surface area contributed by atoms with E-state index in [4.69, 9.17) is 9.84 Å². The van der Waals surface area contributed by atoms with Crippen LogP contribution >= 0.6 is 0 Å². The number of rotatable bonds is 3. The molecule has 5 N–H and O–H groups in total. The molecule has 1 heterocycles. The van der Waals surface area contributed by atoms with Crippen LogP contribution in [0.2, 0.25) is 0 Å². The third kappa shape index (κ3) is 2.66. The minimum atomic E-state index is -1.62. The summed E-state index contributed by atoms with van der Waals surface area (Å²) in [5.41, 5.74) is 0. The Hall–Kier alpha value is -0.800. The van der Waals surface area contributed by atoms with Gasteiger partial charge < -0.3 is 30.5 Å². The number of ether oxygens (including phenoxy) is 1. The van der Waals surface area contributed by atoms with Crippen LogP contribution in [0.25, 0.3) is 0 Å². The Morgan fingerprint density at radius 1 is 1.31 bits per heavy atom. The molecular formula is C8H14FNO6. The highest BCUT2D eigenvalue weighted by Crippen LogP contribution is 2.19. The van der Waals surface area contributed by atoms with E-state index in [0.29, 0.717) is 0 Å². The number of aliphatic hydroxyl groups excluding tert-OH is 4. The van der Waals surface area contributed by atoms with Gasteiger partial charge in [-0.1, -0.05) is 0 Å². The van der Waals surface area contributed by atoms with Gasteiger partial charge in [0.2, 0.25) is 0 Å². The van der Waals surface area contributed by atoms with Crippen LogP contribution in [0.15, 0.2) is 0 Å². The number of hydrogen-bond acceptors (Lipinski definition) is 6. The number of halogens is 1. The van der Waals surface area contributed by atoms with E-state index in [-0.39, 0.29) is 0 Å². The van der Waals surface area contributed by atoms with Crippen molar-refractivity contribution in [3.8, 4) is 0 Å². The molecule has 0 aromatic heterocycles. The highest BCUT2D eigenvalue weighted by molar-refractivity contribution is 5.77. The van der Waals surface area contributed by atoms with Gasteiger partial charge in [0.25, 0.3) is 5.91 Å². The SMILES string of the molecule is O=C(C[18F])N[C@@H]1[C@@H](O)[C@H](O)[C@@H](CO)O[C@H]1O. The second-order valence-electron chi connectivity index (χ2n) is 3.46. The van der Waals surface area contributed by atoms with Crippen molar-refractivity contribution in [2.24, 2.45) is 0 Å². The predicted octanol–water partition coefficient (Wildman–Crippen LogP) is -3.13. The van der Waals surface area contributed by atoms with Crippen molar-refractivity contribution in [2.75, 3.05) is 13.3 Å². The maximum Gasteiger partial charge on any atom is 0.251 e. The van der Waals surface area contributed by atoms with Crippen molar-refractivity contribution in [2.45, 2.75) is 30.6 Å². The minimum absolute atomic E-state index is 0.598. The molecule has 1 aliphatic rings. The van der Waals surface area contributed by atoms with Gasteiger partial charge in [-0.05, 0) is 0 Å². The van der Waals surface area contributed by atoms with E-state index in [9.17, 15) is 24.5 Å². The topological polar surface area (TPSA) is 119 Å². The summed E-state index contributed by atoms with van der Waals surface area (Å²) in [5, 5.41) is 39.0. The lowest BCUT2D eigenvalue weighted by atomic mass is 9.97. The Kier molecular flexibility index (Phi) is 4.56. The number of aliphatic hydroxyl groups is 4. The number of alkyl halides is 1. The van der Waals surface area contributed by atoms with Gasteiger partial charge in [-0.15, -0.1) is 0 Å². The first-order valence-electron chi connectivity index (χ1n) is 4.67. The van der Waals surface area contributed by atoms with Crippen LogP contribution in [0, 0.1) is 0 Å². The monoisotopic (exact) mass is 238 g/mol. The second kappa shape index (κ2) is 5.51. The molecule has 1 rings (SSSR count). The molecule has 0 aliphatic carbocycles. The number of nitrogens with one attached hydrogen (secondary N) is 1. The Balaban J connectivity index is 2.67. The average molecular weight is 238 g/mol. The van der Waals surface area contributed by atoms with Crippen molar-refractivity contribution in [3.05, 3.63) is 0 Å². The quantitative estimate of drug-likeness (QED) is 0.355. The molecule has 1 saturated heterocycles. The maximum atomic E-state index is 11.9. The Morgan fingerprint density at radius 3 is 2.44 bits per heavy atom. The molecule has 16 heavy (non-hydrogen) atoms. The fraction of sp³-hybridized carbons (Fsp3) is 0.875. The van der Waals surface area contributed by atoms with Gasteiger partial charge >= 0.3 is 0 Å². The standard InChI is InChI=1S/C8H14FNO6/c9-1-4(12)10-5-7(14)6(13)3(2-11)16-8(5)15/h3,5-8,11,13-15H,1-2H2,(H,10,12)/t3-,5-,6-,7-,8-/m1/s1/i9-1. The zero-order valence-electron chi connectivity index (χ0n) is 8.28. The average Bonchev–Trinajstić information content (AvgIpc) is 2.28. The number of hydrogen-bond donors (Lipinski definition) is 5. The smallest absolute Gasteiger partial charge is 0.251 e. The van der Waals surface area contributed by atoms with E-state index >= 15 is 0 Å². The molecule has 8 heteroatoms. The summed E-state index contributed by atoms with van der Waals surface area (Å²) >= 11 is 0. The number of carbonyl (C=O) groups excluding carboxylic acids is 1. The fourth-order valence-electron chi connectivity index (χ4n) is 1.48. The first kappa shape index (κ1) is 13.3. The molecule has 0 spiro atoms. The van der Waals surface area contributed by atoms with Crippen molar-refractivity contribution >= 4 is 5.91 Å². The molecular weight excluding hydrogens is 224 g/mol. The van der Waals surface area contributed by atoms with Crippen LogP contribution in [-0.4, -0.2) is 70.3 Å². The Bertz CT molecular complexity index is 253. The Labute approximate surface area is 90.5 Å². The largest absolute Gasteiger partial charge is 0.394 e. The summed E-state index contributed by atoms with van der Waals surface area (Å²) in [6, 6.07) is -1.33. The summed E-state index contributed by atoms with van der Waals surface area (Å²) in [6.07, 6.45) is -5.79. The van der Waals surface area contributed by atoms with E-state index in [1.165, 1.54) is 0 Å². The zero-order chi connectivity index (χ0) is 12.3. The second-order valence-corrected chi connectivity index (χ2v) is 3.46. The lowest BCUT2D eigenvalue weighted by Crippen LogP contribution is -2.64. The summed E-state index contributed by atoms with van der Waals surface area (Å²) in [5.74, 6) is -1.04. The summed E-state index contributed by atoms with van der Waals surface area (Å²) in [4.78, 5) is 10.7. The van der Waals surface area contributed by atoms with Crippen molar-refractivity contribution in [1.82, 2.24) is 5.32 Å². The van der Waals surface area contributed by atoms with E-state index in [1.54, 1.807) is 0 Å². The molecule has 1 amide bonds. The third-order valence-corrected chi connectivity index (χ3v) is 2.35. The molecule has 0 aromatic carbocycles. The molecule has 1 fully saturated rings. The first-order chi connectivity index (χ1) is 7.51. The Morgan fingerprint density at radius 2 is 1.94 bits per heavy atom. The molecule has 0 saturated carbocycles. The molecule has 5 atom stereocenters. The molecule has 7 nitrogen and oxygen atoms in total. The lowest BCUT2D eigenvalue weighted by molar-refractivity contribution is -0.253. The predicted molar refractivity (Wildman–Crippen MR) is 47.9 cm³/mol. The minimum Gasteiger partial charge on any atom is -0.394 e. The molecule has 94 valence electrons. The summed E-state index contributed by atoms with van der Waals surface area (Å²) < 4.78 is 16.7. The molecule has 0 unspecified atom stereocenters. The van der Waals surface area contributed by atoms with Gasteiger partial charge in [0.05, 0.1) is 6.61 Å². The first-order valence-corrected chi connectivity index (χ1v) is 4.67. The summed E-state index contributed by atoms with van der Waals surface area (Å²) in [7, 11) is 0. The molecule has 1 aliphatic heterocycles. The zero-order valence-corrected chi connectivity index (χ0v) is 8.28. The highest BCUT2D eigenvalue weighted by atomic mass is 18.2. The van der Waals surface area contributed by atoms with E-state index in [1.807, 2.05) is 5.32 Å². The van der Waals surface area contributed by atoms with Crippen molar-refractivity contribution in [3.63, 3.8) is 0 Å². The fourth-order valence-corrected chi connectivity index (χ4v) is 1.48. The number of amides is 1. The maximum absolute atomic E-state index is 11.9. The molecule has 0 aromatic rings. The normalized spacial score (nSPS) is 39.4. The van der Waals surface area contributed by atoms with Crippen LogP contribution in [0.4, 0.5) is 4.39 Å². The van der Waals surface area contributed by atoms with E-state index < -0.39 is 49.8 Å². The van der Waals surface area contributed by atoms with E-state index in [2.05, 4.69) is 0 Å². The summed E-state index contributed by atoms with van der Waals surface area (Å²) in [6.45, 7) is -1.91. The lowest BCUT2D eigenvalue weighted by Gasteiger charge is -2.40. The number of carbonyl (C=O) groups is 1. The van der Waals surface area contributed by atoms with Gasteiger partial charge in [0.15, 0.2) is 13.0 Å². The van der Waals surface area contributed by atoms with Crippen LogP contribution in [-0.2, 0) is 9.53 Å². The third-order valence-electron chi connectivity index (χ3n) is 2.35. The molecule has 0 radical (unpaired) electrons. The van der Waals surface area contributed by atoms with Gasteiger partial charge in [0, 0.05) is 0 Å².